The van der Waals surface area contributed by atoms with Crippen molar-refractivity contribution in [2.45, 2.75) is 12.2 Å². The Morgan fingerprint density at radius 3 is 2.81 bits per heavy atom. The molecule has 0 saturated carbocycles. The number of rotatable bonds is 3. The van der Waals surface area contributed by atoms with Crippen molar-refractivity contribution in [3.8, 4) is 0 Å². The van der Waals surface area contributed by atoms with Crippen molar-refractivity contribution < 1.29 is 10.2 Å². The van der Waals surface area contributed by atoms with E-state index in [0.717, 1.165) is 15.4 Å². The van der Waals surface area contributed by atoms with E-state index in [0.29, 0.717) is 5.56 Å². The lowest BCUT2D eigenvalue weighted by molar-refractivity contribution is 0.0252. The normalized spacial score (nSPS) is 15.2. The minimum atomic E-state index is -0.958. The van der Waals surface area contributed by atoms with Crippen LogP contribution in [0.1, 0.15) is 11.7 Å². The number of hydrogen-bond acceptors (Lipinski definition) is 3. The molecule has 1 aromatic carbocycles. The van der Waals surface area contributed by atoms with Crippen LogP contribution in [0.25, 0.3) is 10.9 Å². The van der Waals surface area contributed by atoms with E-state index in [4.69, 9.17) is 5.73 Å². The van der Waals surface area contributed by atoms with Crippen LogP contribution in [0.5, 0.6) is 0 Å². The van der Waals surface area contributed by atoms with Gasteiger partial charge in [0, 0.05) is 33.7 Å². The van der Waals surface area contributed by atoms with Crippen LogP contribution in [0.2, 0.25) is 0 Å². The van der Waals surface area contributed by atoms with Crippen LogP contribution < -0.4 is 5.73 Å². The molecule has 2 atom stereocenters. The number of benzene rings is 1. The topological polar surface area (TPSA) is 82.3 Å². The molecule has 0 bridgehead atoms. The smallest absolute Gasteiger partial charge is 0.108 e. The molecule has 2 rings (SSSR count). The Kier molecular flexibility index (Phi) is 3.30. The first-order valence-electron chi connectivity index (χ1n) is 4.96. The van der Waals surface area contributed by atoms with Gasteiger partial charge < -0.3 is 20.9 Å². The van der Waals surface area contributed by atoms with E-state index < -0.39 is 12.2 Å². The van der Waals surface area contributed by atoms with Crippen molar-refractivity contribution in [3.63, 3.8) is 0 Å². The second-order valence-electron chi connectivity index (χ2n) is 3.68. The first-order chi connectivity index (χ1) is 7.63. The number of halogens is 1. The van der Waals surface area contributed by atoms with E-state index in [1.165, 1.54) is 0 Å². The second-order valence-corrected chi connectivity index (χ2v) is 4.60. The molecule has 4 nitrogen and oxygen atoms in total. The summed E-state index contributed by atoms with van der Waals surface area (Å²) in [5.41, 5.74) is 6.90. The number of aromatic amines is 1. The average Bonchev–Trinajstić information content (AvgIpc) is 2.69. The van der Waals surface area contributed by atoms with Gasteiger partial charge in [-0.15, -0.1) is 0 Å². The third kappa shape index (κ3) is 1.99. The van der Waals surface area contributed by atoms with Crippen molar-refractivity contribution in [2.24, 2.45) is 5.73 Å². The predicted molar refractivity (Wildman–Crippen MR) is 66.0 cm³/mol. The number of hydrogen-bond donors (Lipinski definition) is 4. The predicted octanol–water partition coefficient (Wildman–Crippen LogP) is 1.28. The number of fused-ring (bicyclic) bond motifs is 1. The molecule has 0 amide bonds. The molecular formula is C11H13BrN2O2. The summed E-state index contributed by atoms with van der Waals surface area (Å²) < 4.78 is 0.960. The maximum Gasteiger partial charge on any atom is 0.108 e. The number of aliphatic hydroxyl groups is 2. The molecule has 0 spiro atoms. The third-order valence-electron chi connectivity index (χ3n) is 2.60. The standard InChI is InChI=1S/C11H13BrN2O2/c12-6-1-2-7-8(5-14-9(7)3-6)11(16)10(15)4-13/h1-3,5,10-11,14-16H,4,13H2. The number of H-pyrrole nitrogens is 1. The van der Waals surface area contributed by atoms with Crippen molar-refractivity contribution in [2.75, 3.05) is 6.54 Å². The molecule has 0 aliphatic rings. The van der Waals surface area contributed by atoms with Gasteiger partial charge in [-0.25, -0.2) is 0 Å². The molecule has 86 valence electrons. The highest BCUT2D eigenvalue weighted by molar-refractivity contribution is 9.10. The monoisotopic (exact) mass is 284 g/mol. The molecule has 5 N–H and O–H groups in total. The van der Waals surface area contributed by atoms with Gasteiger partial charge in [-0.2, -0.15) is 0 Å². The minimum absolute atomic E-state index is 0.0321. The van der Waals surface area contributed by atoms with Crippen LogP contribution in [0.15, 0.2) is 28.9 Å². The van der Waals surface area contributed by atoms with Crippen LogP contribution in [-0.4, -0.2) is 27.8 Å². The first-order valence-corrected chi connectivity index (χ1v) is 5.75. The number of aromatic nitrogens is 1. The lowest BCUT2D eigenvalue weighted by Crippen LogP contribution is -2.26. The van der Waals surface area contributed by atoms with Crippen molar-refractivity contribution in [3.05, 3.63) is 34.4 Å². The minimum Gasteiger partial charge on any atom is -0.389 e. The van der Waals surface area contributed by atoms with Gasteiger partial charge in [0.25, 0.3) is 0 Å². The van der Waals surface area contributed by atoms with Crippen LogP contribution in [0, 0.1) is 0 Å². The largest absolute Gasteiger partial charge is 0.389 e. The van der Waals surface area contributed by atoms with Gasteiger partial charge in [0.1, 0.15) is 6.10 Å². The molecule has 5 heteroatoms. The lowest BCUT2D eigenvalue weighted by Gasteiger charge is -2.15. The Morgan fingerprint density at radius 2 is 2.12 bits per heavy atom. The summed E-state index contributed by atoms with van der Waals surface area (Å²) in [6, 6.07) is 5.69. The quantitative estimate of drug-likeness (QED) is 0.685. The van der Waals surface area contributed by atoms with Gasteiger partial charge in [0.15, 0.2) is 0 Å². The summed E-state index contributed by atoms with van der Waals surface area (Å²) >= 11 is 3.37. The highest BCUT2D eigenvalue weighted by atomic mass is 79.9. The maximum absolute atomic E-state index is 9.88. The highest BCUT2D eigenvalue weighted by Gasteiger charge is 2.19. The molecule has 16 heavy (non-hydrogen) atoms. The Balaban J connectivity index is 2.45. The van der Waals surface area contributed by atoms with Crippen LogP contribution in [0.3, 0.4) is 0 Å². The Morgan fingerprint density at radius 1 is 1.38 bits per heavy atom. The van der Waals surface area contributed by atoms with Gasteiger partial charge in [-0.1, -0.05) is 22.0 Å². The number of nitrogens with two attached hydrogens (primary N) is 1. The Bertz CT molecular complexity index is 498. The van der Waals surface area contributed by atoms with Gasteiger partial charge in [-0.05, 0) is 12.1 Å². The van der Waals surface area contributed by atoms with Gasteiger partial charge >= 0.3 is 0 Å². The zero-order valence-corrected chi connectivity index (χ0v) is 10.1. The van der Waals surface area contributed by atoms with E-state index in [2.05, 4.69) is 20.9 Å². The molecule has 0 fully saturated rings. The van der Waals surface area contributed by atoms with Crippen molar-refractivity contribution >= 4 is 26.8 Å². The molecule has 1 heterocycles. The molecular weight excluding hydrogens is 272 g/mol. The fourth-order valence-corrected chi connectivity index (χ4v) is 2.06. The molecule has 1 aromatic heterocycles. The summed E-state index contributed by atoms with van der Waals surface area (Å²) in [5, 5.41) is 20.3. The zero-order chi connectivity index (χ0) is 11.7. The molecule has 0 saturated heterocycles. The van der Waals surface area contributed by atoms with Crippen molar-refractivity contribution in [1.29, 1.82) is 0 Å². The van der Waals surface area contributed by atoms with Crippen LogP contribution >= 0.6 is 15.9 Å². The third-order valence-corrected chi connectivity index (χ3v) is 3.09. The van der Waals surface area contributed by atoms with Gasteiger partial charge in [0.05, 0.1) is 6.10 Å². The summed E-state index contributed by atoms with van der Waals surface area (Å²) in [4.78, 5) is 3.05. The summed E-state index contributed by atoms with van der Waals surface area (Å²) in [6.45, 7) is 0.0321. The molecule has 0 aliphatic carbocycles. The molecule has 2 aromatic rings. The number of nitrogens with one attached hydrogen (secondary N) is 1. The summed E-state index contributed by atoms with van der Waals surface area (Å²) in [7, 11) is 0. The SMILES string of the molecule is NCC(O)C(O)c1c[nH]c2cc(Br)ccc12. The first kappa shape index (κ1) is 11.6. The fourth-order valence-electron chi connectivity index (χ4n) is 1.70. The summed E-state index contributed by atoms with van der Waals surface area (Å²) in [6.07, 6.45) is -0.205. The molecule has 0 radical (unpaired) electrons. The second kappa shape index (κ2) is 4.55. The lowest BCUT2D eigenvalue weighted by atomic mass is 10.0. The van der Waals surface area contributed by atoms with E-state index in [-0.39, 0.29) is 6.54 Å². The molecule has 0 aliphatic heterocycles. The highest BCUT2D eigenvalue weighted by Crippen LogP contribution is 2.27. The van der Waals surface area contributed by atoms with E-state index in [1.807, 2.05) is 18.2 Å². The zero-order valence-electron chi connectivity index (χ0n) is 8.52. The number of aliphatic hydroxyl groups excluding tert-OH is 2. The Hall–Kier alpha value is -0.880. The van der Waals surface area contributed by atoms with E-state index in [1.54, 1.807) is 6.20 Å². The Labute approximate surface area is 101 Å². The molecule has 2 unspecified atom stereocenters. The fraction of sp³-hybridized carbons (Fsp3) is 0.273. The van der Waals surface area contributed by atoms with Crippen LogP contribution in [-0.2, 0) is 0 Å². The van der Waals surface area contributed by atoms with Crippen LogP contribution in [0.4, 0.5) is 0 Å². The van der Waals surface area contributed by atoms with E-state index >= 15 is 0 Å². The van der Waals surface area contributed by atoms with E-state index in [9.17, 15) is 10.2 Å². The van der Waals surface area contributed by atoms with Crippen molar-refractivity contribution in [1.82, 2.24) is 4.98 Å². The van der Waals surface area contributed by atoms with Gasteiger partial charge in [-0.3, -0.25) is 0 Å². The average molecular weight is 285 g/mol. The summed E-state index contributed by atoms with van der Waals surface area (Å²) in [5.74, 6) is 0. The maximum atomic E-state index is 9.88. The van der Waals surface area contributed by atoms with Gasteiger partial charge in [0.2, 0.25) is 0 Å².